The number of benzene rings is 2. The molecule has 156 valence electrons. The monoisotopic (exact) mass is 432 g/mol. The second-order valence-electron chi connectivity index (χ2n) is 7.36. The molecule has 0 aliphatic heterocycles. The van der Waals surface area contributed by atoms with Gasteiger partial charge in [0.05, 0.1) is 10.9 Å². The van der Waals surface area contributed by atoms with Crippen LogP contribution < -0.4 is 16.5 Å². The minimum atomic E-state index is -0.575. The minimum Gasteiger partial charge on any atom is -0.456 e. The van der Waals surface area contributed by atoms with Gasteiger partial charge in [-0.3, -0.25) is 14.4 Å². The maximum absolute atomic E-state index is 12.7. The summed E-state index contributed by atoms with van der Waals surface area (Å²) in [5, 5.41) is 3.74. The zero-order chi connectivity index (χ0) is 22.3. The van der Waals surface area contributed by atoms with Crippen LogP contribution in [-0.2, 0) is 0 Å². The van der Waals surface area contributed by atoms with E-state index in [0.717, 1.165) is 16.0 Å². The highest BCUT2D eigenvalue weighted by Gasteiger charge is 2.19. The molecule has 0 aliphatic carbocycles. The minimum absolute atomic E-state index is 0.121. The van der Waals surface area contributed by atoms with Crippen molar-refractivity contribution in [3.63, 3.8) is 0 Å². The van der Waals surface area contributed by atoms with Crippen molar-refractivity contribution >= 4 is 39.1 Å². The molecule has 0 saturated heterocycles. The number of primary amides is 1. The Labute approximate surface area is 182 Å². The highest BCUT2D eigenvalue weighted by atomic mass is 32.1. The quantitative estimate of drug-likeness (QED) is 0.484. The summed E-state index contributed by atoms with van der Waals surface area (Å²) in [7, 11) is 0. The van der Waals surface area contributed by atoms with E-state index >= 15 is 0 Å². The highest BCUT2D eigenvalue weighted by molar-refractivity contribution is 7.16. The van der Waals surface area contributed by atoms with Crippen molar-refractivity contribution in [2.75, 3.05) is 5.32 Å². The van der Waals surface area contributed by atoms with E-state index in [1.54, 1.807) is 43.3 Å². The van der Waals surface area contributed by atoms with Crippen LogP contribution in [0.25, 0.3) is 22.3 Å². The lowest BCUT2D eigenvalue weighted by Gasteiger charge is -2.07. The molecule has 2 aromatic carbocycles. The lowest BCUT2D eigenvalue weighted by atomic mass is 10.1. The van der Waals surface area contributed by atoms with E-state index in [2.05, 4.69) is 5.32 Å². The summed E-state index contributed by atoms with van der Waals surface area (Å²) in [6.45, 7) is 5.59. The molecule has 2 heterocycles. The number of rotatable bonds is 4. The van der Waals surface area contributed by atoms with E-state index in [9.17, 15) is 14.4 Å². The van der Waals surface area contributed by atoms with E-state index in [1.165, 1.54) is 17.4 Å². The third-order valence-electron chi connectivity index (χ3n) is 5.17. The second-order valence-corrected chi connectivity index (χ2v) is 8.58. The normalized spacial score (nSPS) is 10.9. The first-order valence-electron chi connectivity index (χ1n) is 9.60. The molecule has 4 aromatic rings. The van der Waals surface area contributed by atoms with Crippen molar-refractivity contribution in [1.82, 2.24) is 0 Å². The topological polar surface area (TPSA) is 102 Å². The van der Waals surface area contributed by atoms with E-state index in [1.807, 2.05) is 19.9 Å². The summed E-state index contributed by atoms with van der Waals surface area (Å²) in [6, 6.07) is 13.6. The Bertz CT molecular complexity index is 1400. The maximum Gasteiger partial charge on any atom is 0.256 e. The highest BCUT2D eigenvalue weighted by Crippen LogP contribution is 2.32. The van der Waals surface area contributed by atoms with E-state index in [-0.39, 0.29) is 11.3 Å². The molecule has 3 N–H and O–H groups in total. The molecular formula is C24H20N2O4S. The molecule has 0 saturated carbocycles. The first kappa shape index (κ1) is 20.6. The lowest BCUT2D eigenvalue weighted by molar-refractivity contribution is 0.100. The maximum atomic E-state index is 12.7. The first-order chi connectivity index (χ1) is 14.7. The molecule has 0 radical (unpaired) electrons. The molecule has 0 unspecified atom stereocenters. The number of nitrogens with two attached hydrogens (primary N) is 1. The third-order valence-corrected chi connectivity index (χ3v) is 6.30. The summed E-state index contributed by atoms with van der Waals surface area (Å²) in [6.07, 6.45) is 0. The molecule has 6 nitrogen and oxygen atoms in total. The SMILES string of the molecule is Cc1ccc2oc(-c3ccc(C(=O)Nc4sc(C)c(C)c4C(N)=O)cc3)cc(=O)c2c1. The van der Waals surface area contributed by atoms with Gasteiger partial charge in [-0.15, -0.1) is 11.3 Å². The first-order valence-corrected chi connectivity index (χ1v) is 10.4. The summed E-state index contributed by atoms with van der Waals surface area (Å²) >= 11 is 1.31. The van der Waals surface area contributed by atoms with Crippen LogP contribution in [-0.4, -0.2) is 11.8 Å². The zero-order valence-corrected chi connectivity index (χ0v) is 18.1. The molecule has 0 fully saturated rings. The van der Waals surface area contributed by atoms with Crippen LogP contribution in [0.1, 0.15) is 36.7 Å². The number of nitrogens with one attached hydrogen (secondary N) is 1. The Kier molecular flexibility index (Phi) is 5.20. The number of hydrogen-bond donors (Lipinski definition) is 2. The van der Waals surface area contributed by atoms with Gasteiger partial charge < -0.3 is 15.5 Å². The Morgan fingerprint density at radius 2 is 1.71 bits per heavy atom. The Morgan fingerprint density at radius 3 is 2.39 bits per heavy atom. The summed E-state index contributed by atoms with van der Waals surface area (Å²) in [4.78, 5) is 37.8. The lowest BCUT2D eigenvalue weighted by Crippen LogP contribution is -2.17. The van der Waals surface area contributed by atoms with Crippen molar-refractivity contribution in [2.45, 2.75) is 20.8 Å². The molecular weight excluding hydrogens is 412 g/mol. The molecule has 7 heteroatoms. The van der Waals surface area contributed by atoms with Gasteiger partial charge >= 0.3 is 0 Å². The average molecular weight is 433 g/mol. The number of amides is 2. The van der Waals surface area contributed by atoms with Crippen LogP contribution in [0.2, 0.25) is 0 Å². The fourth-order valence-electron chi connectivity index (χ4n) is 3.39. The van der Waals surface area contributed by atoms with Gasteiger partial charge in [0.25, 0.3) is 11.8 Å². The zero-order valence-electron chi connectivity index (χ0n) is 17.2. The molecule has 2 aromatic heterocycles. The molecule has 0 bridgehead atoms. The third kappa shape index (κ3) is 3.87. The second kappa shape index (κ2) is 7.85. The van der Waals surface area contributed by atoms with Gasteiger partial charge in [-0.2, -0.15) is 0 Å². The van der Waals surface area contributed by atoms with Crippen molar-refractivity contribution in [3.05, 3.63) is 85.9 Å². The van der Waals surface area contributed by atoms with Gasteiger partial charge in [0.15, 0.2) is 5.43 Å². The number of aryl methyl sites for hydroxylation is 2. The van der Waals surface area contributed by atoms with Gasteiger partial charge in [-0.1, -0.05) is 23.8 Å². The molecule has 0 atom stereocenters. The van der Waals surface area contributed by atoms with Crippen LogP contribution in [0.4, 0.5) is 5.00 Å². The van der Waals surface area contributed by atoms with Crippen LogP contribution in [0.3, 0.4) is 0 Å². The Balaban J connectivity index is 1.62. The standard InChI is InChI=1S/C24H20N2O4S/c1-12-4-9-19-17(10-12)18(27)11-20(30-19)15-5-7-16(8-6-15)23(29)26-24-21(22(25)28)13(2)14(3)31-24/h4-11H,1-3H3,(H2,25,28)(H,26,29). The molecule has 0 aliphatic rings. The predicted octanol–water partition coefficient (Wildman–Crippen LogP) is 4.80. The predicted molar refractivity (Wildman–Crippen MR) is 123 cm³/mol. The fourth-order valence-corrected chi connectivity index (χ4v) is 4.45. The number of carbonyl (C=O) groups excluding carboxylic acids is 2. The summed E-state index contributed by atoms with van der Waals surface area (Å²) in [5.74, 6) is -0.506. The van der Waals surface area contributed by atoms with Gasteiger partial charge in [-0.25, -0.2) is 0 Å². The number of carbonyl (C=O) groups is 2. The molecule has 31 heavy (non-hydrogen) atoms. The summed E-state index contributed by atoms with van der Waals surface area (Å²) in [5.41, 5.74) is 9.03. The fraction of sp³-hybridized carbons (Fsp3) is 0.125. The van der Waals surface area contributed by atoms with Gasteiger partial charge in [0, 0.05) is 22.1 Å². The number of hydrogen-bond acceptors (Lipinski definition) is 5. The van der Waals surface area contributed by atoms with Crippen LogP contribution in [0.15, 0.2) is 57.7 Å². The van der Waals surface area contributed by atoms with Gasteiger partial charge in [0.1, 0.15) is 16.3 Å². The van der Waals surface area contributed by atoms with Crippen LogP contribution in [0, 0.1) is 20.8 Å². The average Bonchev–Trinajstić information content (AvgIpc) is 3.01. The van der Waals surface area contributed by atoms with Crippen LogP contribution in [0.5, 0.6) is 0 Å². The van der Waals surface area contributed by atoms with Crippen LogP contribution >= 0.6 is 11.3 Å². The number of thiophene rings is 1. The van der Waals surface area contributed by atoms with Gasteiger partial charge in [-0.05, 0) is 50.6 Å². The largest absolute Gasteiger partial charge is 0.456 e. The Hall–Kier alpha value is -3.71. The number of anilines is 1. The Morgan fingerprint density at radius 1 is 1.00 bits per heavy atom. The molecule has 2 amide bonds. The van der Waals surface area contributed by atoms with E-state index in [0.29, 0.717) is 38.4 Å². The smallest absolute Gasteiger partial charge is 0.256 e. The van der Waals surface area contributed by atoms with E-state index < -0.39 is 5.91 Å². The van der Waals surface area contributed by atoms with Crippen molar-refractivity contribution in [2.24, 2.45) is 5.73 Å². The molecule has 0 spiro atoms. The van der Waals surface area contributed by atoms with Gasteiger partial charge in [0.2, 0.25) is 0 Å². The van der Waals surface area contributed by atoms with Crippen molar-refractivity contribution in [1.29, 1.82) is 0 Å². The molecule has 4 rings (SSSR count). The van der Waals surface area contributed by atoms with E-state index in [4.69, 9.17) is 10.2 Å². The van der Waals surface area contributed by atoms with Crippen molar-refractivity contribution in [3.8, 4) is 11.3 Å². The van der Waals surface area contributed by atoms with Crippen molar-refractivity contribution < 1.29 is 14.0 Å². The number of fused-ring (bicyclic) bond motifs is 1. The summed E-state index contributed by atoms with van der Waals surface area (Å²) < 4.78 is 5.89.